The van der Waals surface area contributed by atoms with Gasteiger partial charge in [0, 0.05) is 6.07 Å². The van der Waals surface area contributed by atoms with Gasteiger partial charge in [-0.15, -0.1) is 0 Å². The van der Waals surface area contributed by atoms with Crippen LogP contribution in [0.1, 0.15) is 6.42 Å². The zero-order chi connectivity index (χ0) is 12.1. The van der Waals surface area contributed by atoms with Crippen molar-refractivity contribution in [3.8, 4) is 11.5 Å². The topological polar surface area (TPSA) is 98.7 Å². The second-order valence-corrected chi connectivity index (χ2v) is 2.98. The molecule has 16 heavy (non-hydrogen) atoms. The van der Waals surface area contributed by atoms with Crippen molar-refractivity contribution in [3.63, 3.8) is 0 Å². The zero-order valence-corrected chi connectivity index (χ0v) is 8.52. The third kappa shape index (κ3) is 3.16. The summed E-state index contributed by atoms with van der Waals surface area (Å²) in [5, 5.41) is 21.8. The number of methoxy groups -OCH3 is 1. The molecule has 0 unspecified atom stereocenters. The number of carboxylic acids is 1. The molecule has 1 rings (SSSR count). The summed E-state index contributed by atoms with van der Waals surface area (Å²) < 4.78 is 4.84. The van der Waals surface area contributed by atoms with Crippen LogP contribution in [0.3, 0.4) is 0 Å². The Labute approximate surface area is 91.5 Å². The van der Waals surface area contributed by atoms with E-state index in [0.717, 1.165) is 0 Å². The molecule has 0 aliphatic carbocycles. The summed E-state index contributed by atoms with van der Waals surface area (Å²) in [7, 11) is 1.43. The highest BCUT2D eigenvalue weighted by atomic mass is 16.5. The highest BCUT2D eigenvalue weighted by Gasteiger charge is 2.07. The fraction of sp³-hybridized carbons (Fsp3) is 0.200. The number of anilines is 1. The van der Waals surface area contributed by atoms with Crippen molar-refractivity contribution in [2.24, 2.45) is 0 Å². The zero-order valence-electron chi connectivity index (χ0n) is 8.52. The highest BCUT2D eigenvalue weighted by molar-refractivity contribution is 6.01. The normalized spacial score (nSPS) is 9.56. The standard InChI is InChI=1S/C10H11NO5/c1-16-6-2-3-7(8(12)4-6)11-9(13)5-10(14)15/h2-4,12H,5H2,1H3,(H,11,13)(H,14,15)/p-1. The van der Waals surface area contributed by atoms with E-state index in [-0.39, 0.29) is 11.4 Å². The van der Waals surface area contributed by atoms with Gasteiger partial charge in [-0.25, -0.2) is 0 Å². The predicted molar refractivity (Wildman–Crippen MR) is 52.9 cm³/mol. The van der Waals surface area contributed by atoms with Crippen LogP contribution in [-0.4, -0.2) is 24.1 Å². The van der Waals surface area contributed by atoms with Crippen LogP contribution >= 0.6 is 0 Å². The summed E-state index contributed by atoms with van der Waals surface area (Å²) in [5.41, 5.74) is 0.118. The Hall–Kier alpha value is -2.24. The van der Waals surface area contributed by atoms with Gasteiger partial charge in [-0.05, 0) is 12.1 Å². The van der Waals surface area contributed by atoms with Gasteiger partial charge in [-0.3, -0.25) is 4.79 Å². The van der Waals surface area contributed by atoms with Crippen molar-refractivity contribution in [2.45, 2.75) is 6.42 Å². The molecule has 6 nitrogen and oxygen atoms in total. The van der Waals surface area contributed by atoms with Crippen LogP contribution in [0.25, 0.3) is 0 Å². The summed E-state index contributed by atoms with van der Waals surface area (Å²) in [6, 6.07) is 4.23. The molecule has 0 aliphatic rings. The fourth-order valence-corrected chi connectivity index (χ4v) is 1.07. The number of nitrogens with one attached hydrogen (secondary N) is 1. The number of phenolic OH excluding ortho intramolecular Hbond substituents is 1. The van der Waals surface area contributed by atoms with E-state index in [9.17, 15) is 19.8 Å². The molecule has 0 aliphatic heterocycles. The number of phenols is 1. The lowest BCUT2D eigenvalue weighted by Gasteiger charge is -2.08. The molecule has 0 heterocycles. The summed E-state index contributed by atoms with van der Waals surface area (Å²) >= 11 is 0. The van der Waals surface area contributed by atoms with E-state index >= 15 is 0 Å². The van der Waals surface area contributed by atoms with Gasteiger partial charge < -0.3 is 25.1 Å². The minimum atomic E-state index is -1.48. The van der Waals surface area contributed by atoms with Gasteiger partial charge in [0.05, 0.1) is 25.2 Å². The van der Waals surface area contributed by atoms with Crippen molar-refractivity contribution in [1.82, 2.24) is 0 Å². The van der Waals surface area contributed by atoms with Crippen LogP contribution in [-0.2, 0) is 9.59 Å². The number of rotatable bonds is 4. The monoisotopic (exact) mass is 224 g/mol. The summed E-state index contributed by atoms with van der Waals surface area (Å²) in [4.78, 5) is 21.2. The maximum Gasteiger partial charge on any atom is 0.230 e. The number of aliphatic carboxylic acids is 1. The maximum absolute atomic E-state index is 11.1. The van der Waals surface area contributed by atoms with Crippen LogP contribution in [0.2, 0.25) is 0 Å². The Morgan fingerprint density at radius 1 is 1.50 bits per heavy atom. The van der Waals surface area contributed by atoms with Gasteiger partial charge in [0.1, 0.15) is 11.5 Å². The average Bonchev–Trinajstić information content (AvgIpc) is 2.19. The van der Waals surface area contributed by atoms with E-state index in [1.165, 1.54) is 25.3 Å². The summed E-state index contributed by atoms with van der Waals surface area (Å²) in [6.45, 7) is 0. The number of carbonyl (C=O) groups is 2. The average molecular weight is 224 g/mol. The van der Waals surface area contributed by atoms with Gasteiger partial charge in [-0.1, -0.05) is 0 Å². The molecule has 86 valence electrons. The lowest BCUT2D eigenvalue weighted by atomic mass is 10.2. The van der Waals surface area contributed by atoms with Crippen molar-refractivity contribution in [3.05, 3.63) is 18.2 Å². The first-order valence-electron chi connectivity index (χ1n) is 4.39. The fourth-order valence-electron chi connectivity index (χ4n) is 1.07. The molecule has 0 radical (unpaired) electrons. The summed E-state index contributed by atoms with van der Waals surface area (Å²) in [6.07, 6.45) is -0.758. The maximum atomic E-state index is 11.1. The number of carbonyl (C=O) groups excluding carboxylic acids is 2. The largest absolute Gasteiger partial charge is 0.550 e. The van der Waals surface area contributed by atoms with Crippen molar-refractivity contribution >= 4 is 17.6 Å². The molecule has 0 atom stereocenters. The minimum Gasteiger partial charge on any atom is -0.550 e. The van der Waals surface area contributed by atoms with E-state index in [2.05, 4.69) is 5.32 Å². The van der Waals surface area contributed by atoms with E-state index in [1.54, 1.807) is 0 Å². The number of hydrogen-bond donors (Lipinski definition) is 2. The van der Waals surface area contributed by atoms with E-state index < -0.39 is 18.3 Å². The lowest BCUT2D eigenvalue weighted by Crippen LogP contribution is -2.28. The van der Waals surface area contributed by atoms with Gasteiger partial charge >= 0.3 is 0 Å². The van der Waals surface area contributed by atoms with Gasteiger partial charge in [0.15, 0.2) is 0 Å². The van der Waals surface area contributed by atoms with E-state index in [4.69, 9.17) is 4.74 Å². The smallest absolute Gasteiger partial charge is 0.230 e. The first-order chi connectivity index (χ1) is 7.52. The van der Waals surface area contributed by atoms with Gasteiger partial charge in [0.25, 0.3) is 0 Å². The lowest BCUT2D eigenvalue weighted by molar-refractivity contribution is -0.304. The van der Waals surface area contributed by atoms with Crippen molar-refractivity contribution in [2.75, 3.05) is 12.4 Å². The second kappa shape index (κ2) is 5.01. The number of amides is 1. The molecule has 6 heteroatoms. The van der Waals surface area contributed by atoms with Crippen LogP contribution < -0.4 is 15.2 Å². The molecule has 1 aromatic rings. The quantitative estimate of drug-likeness (QED) is 0.529. The number of hydrogen-bond acceptors (Lipinski definition) is 5. The number of carboxylic acid groups (broad SMARTS) is 1. The van der Waals surface area contributed by atoms with E-state index in [0.29, 0.717) is 5.75 Å². The Morgan fingerprint density at radius 2 is 2.19 bits per heavy atom. The predicted octanol–water partition coefficient (Wildman–Crippen LogP) is -0.521. The number of ether oxygens (including phenoxy) is 1. The van der Waals surface area contributed by atoms with Gasteiger partial charge in [-0.2, -0.15) is 0 Å². The molecule has 0 bridgehead atoms. The molecule has 0 saturated carbocycles. The van der Waals surface area contributed by atoms with Crippen LogP contribution in [0.15, 0.2) is 18.2 Å². The third-order valence-electron chi connectivity index (χ3n) is 1.78. The molecule has 0 fully saturated rings. The first kappa shape index (κ1) is 11.8. The van der Waals surface area contributed by atoms with E-state index in [1.807, 2.05) is 0 Å². The SMILES string of the molecule is COc1ccc(NC(=O)CC(=O)[O-])c(O)c1. The van der Waals surface area contributed by atoms with Gasteiger partial charge in [0.2, 0.25) is 5.91 Å². The number of aromatic hydroxyl groups is 1. The molecule has 1 aromatic carbocycles. The van der Waals surface area contributed by atoms with Crippen LogP contribution in [0.4, 0.5) is 5.69 Å². The Morgan fingerprint density at radius 3 is 2.69 bits per heavy atom. The van der Waals surface area contributed by atoms with Crippen LogP contribution in [0, 0.1) is 0 Å². The minimum absolute atomic E-state index is 0.118. The molecule has 0 spiro atoms. The first-order valence-corrected chi connectivity index (χ1v) is 4.39. The van der Waals surface area contributed by atoms with Crippen LogP contribution in [0.5, 0.6) is 11.5 Å². The molecule has 2 N–H and O–H groups in total. The Balaban J connectivity index is 2.74. The molecule has 0 saturated heterocycles. The summed E-state index contributed by atoms with van der Waals surface area (Å²) in [5.74, 6) is -2.02. The van der Waals surface area contributed by atoms with Crippen molar-refractivity contribution in [1.29, 1.82) is 0 Å². The molecule has 0 aromatic heterocycles. The highest BCUT2D eigenvalue weighted by Crippen LogP contribution is 2.27. The Kier molecular flexibility index (Phi) is 3.71. The second-order valence-electron chi connectivity index (χ2n) is 2.98. The molecular weight excluding hydrogens is 214 g/mol. The number of benzene rings is 1. The molecular formula is C10H10NO5-. The molecule has 1 amide bonds. The third-order valence-corrected chi connectivity index (χ3v) is 1.78. The Bertz CT molecular complexity index is 416. The van der Waals surface area contributed by atoms with Crippen molar-refractivity contribution < 1.29 is 24.5 Å².